The van der Waals surface area contributed by atoms with Gasteiger partial charge in [-0.05, 0) is 30.3 Å². The van der Waals surface area contributed by atoms with Gasteiger partial charge >= 0.3 is 0 Å². The van der Waals surface area contributed by atoms with Crippen molar-refractivity contribution in [2.45, 2.75) is 0 Å². The van der Waals surface area contributed by atoms with E-state index in [4.69, 9.17) is 14.2 Å². The van der Waals surface area contributed by atoms with E-state index < -0.39 is 5.91 Å². The van der Waals surface area contributed by atoms with Crippen LogP contribution in [0.25, 0.3) is 10.8 Å². The van der Waals surface area contributed by atoms with E-state index in [2.05, 4.69) is 10.2 Å². The van der Waals surface area contributed by atoms with E-state index in [0.717, 1.165) is 35.7 Å². The second-order valence-corrected chi connectivity index (χ2v) is 10.1. The Balaban J connectivity index is 1.34. The van der Waals surface area contributed by atoms with Gasteiger partial charge in [-0.2, -0.15) is 11.8 Å². The number of methoxy groups -OCH3 is 3. The summed E-state index contributed by atoms with van der Waals surface area (Å²) < 4.78 is 15.9. The Bertz CT molecular complexity index is 1370. The van der Waals surface area contributed by atoms with E-state index in [0.29, 0.717) is 39.3 Å². The Hall–Kier alpha value is -3.92. The van der Waals surface area contributed by atoms with Crippen LogP contribution in [0, 0.1) is 0 Å². The van der Waals surface area contributed by atoms with Gasteiger partial charge in [0.15, 0.2) is 11.5 Å². The van der Waals surface area contributed by atoms with Gasteiger partial charge < -0.3 is 24.4 Å². The molecule has 2 aliphatic heterocycles. The summed E-state index contributed by atoms with van der Waals surface area (Å²) in [6.45, 7) is 1.99. The van der Waals surface area contributed by atoms with E-state index in [1.165, 1.54) is 26.2 Å². The van der Waals surface area contributed by atoms with Crippen molar-refractivity contribution >= 4 is 45.9 Å². The Kier molecular flexibility index (Phi) is 7.33. The van der Waals surface area contributed by atoms with Gasteiger partial charge in [-0.15, -0.1) is 0 Å². The number of thioether (sulfide) groups is 1. The number of ether oxygens (including phenoxy) is 3. The largest absolute Gasteiger partial charge is 0.493 e. The fraction of sp³-hybridized carbons (Fsp3) is 0.321. The third-order valence-corrected chi connectivity index (χ3v) is 7.81. The number of rotatable bonds is 8. The van der Waals surface area contributed by atoms with Crippen LogP contribution in [-0.4, -0.2) is 81.6 Å². The maximum Gasteiger partial charge on any atom is 0.261 e. The van der Waals surface area contributed by atoms with Gasteiger partial charge in [0.25, 0.3) is 17.7 Å². The van der Waals surface area contributed by atoms with Crippen molar-refractivity contribution in [3.8, 4) is 17.2 Å². The summed E-state index contributed by atoms with van der Waals surface area (Å²) >= 11 is 1.93. The zero-order valence-corrected chi connectivity index (χ0v) is 22.4. The molecule has 1 fully saturated rings. The van der Waals surface area contributed by atoms with Crippen LogP contribution in [0.15, 0.2) is 42.5 Å². The number of nitrogens with zero attached hydrogens (tertiary/aromatic N) is 2. The topological polar surface area (TPSA) is 97.4 Å². The highest BCUT2D eigenvalue weighted by atomic mass is 32.2. The highest BCUT2D eigenvalue weighted by Gasteiger charge is 2.33. The molecule has 0 spiro atoms. The fourth-order valence-electron chi connectivity index (χ4n) is 5.01. The summed E-state index contributed by atoms with van der Waals surface area (Å²) in [7, 11) is 4.43. The second-order valence-electron chi connectivity index (χ2n) is 8.89. The second kappa shape index (κ2) is 10.8. The molecule has 1 saturated heterocycles. The predicted molar refractivity (Wildman–Crippen MR) is 147 cm³/mol. The van der Waals surface area contributed by atoms with Crippen LogP contribution in [0.2, 0.25) is 0 Å². The van der Waals surface area contributed by atoms with Crippen molar-refractivity contribution in [1.29, 1.82) is 0 Å². The molecule has 0 saturated carbocycles. The van der Waals surface area contributed by atoms with Crippen molar-refractivity contribution < 1.29 is 28.6 Å². The minimum Gasteiger partial charge on any atom is -0.493 e. The molecule has 3 aromatic rings. The third-order valence-electron chi connectivity index (χ3n) is 6.87. The number of hydrogen-bond acceptors (Lipinski definition) is 8. The number of amides is 3. The van der Waals surface area contributed by atoms with Gasteiger partial charge in [0, 0.05) is 70.8 Å². The normalized spacial score (nSPS) is 15.0. The summed E-state index contributed by atoms with van der Waals surface area (Å²) in [5.74, 6) is 2.07. The number of carbonyl (C=O) groups is 3. The molecule has 0 aromatic heterocycles. The smallest absolute Gasteiger partial charge is 0.261 e. The van der Waals surface area contributed by atoms with Gasteiger partial charge in [0.1, 0.15) is 0 Å². The zero-order valence-electron chi connectivity index (χ0n) is 21.5. The lowest BCUT2D eigenvalue weighted by molar-refractivity contribution is 0.0607. The Morgan fingerprint density at radius 3 is 2.21 bits per heavy atom. The fourth-order valence-corrected chi connectivity index (χ4v) is 5.91. The number of imide groups is 1. The molecule has 1 N–H and O–H groups in total. The first-order chi connectivity index (χ1) is 18.5. The molecule has 0 aliphatic carbocycles. The molecule has 0 radical (unpaired) electrons. The SMILES string of the molecule is COc1cc(C(=O)NCCN2C(=O)c3cccc4c(N5CCSCC5)ccc(c34)C2=O)cc(OC)c1OC. The molecular formula is C28H29N3O6S. The predicted octanol–water partition coefficient (Wildman–Crippen LogP) is 3.44. The number of nitrogens with one attached hydrogen (secondary N) is 1. The molecule has 2 heterocycles. The molecule has 9 nitrogen and oxygen atoms in total. The average molecular weight is 536 g/mol. The van der Waals surface area contributed by atoms with Crippen LogP contribution in [0.1, 0.15) is 31.1 Å². The molecule has 3 amide bonds. The van der Waals surface area contributed by atoms with Gasteiger partial charge in [0.2, 0.25) is 5.75 Å². The number of anilines is 1. The van der Waals surface area contributed by atoms with Crippen LogP contribution >= 0.6 is 11.8 Å². The molecule has 5 rings (SSSR count). The highest BCUT2D eigenvalue weighted by Crippen LogP contribution is 2.38. The van der Waals surface area contributed by atoms with Crippen molar-refractivity contribution in [3.63, 3.8) is 0 Å². The lowest BCUT2D eigenvalue weighted by Crippen LogP contribution is -2.44. The summed E-state index contributed by atoms with van der Waals surface area (Å²) in [6, 6.07) is 12.5. The first kappa shape index (κ1) is 25.7. The molecule has 198 valence electrons. The van der Waals surface area contributed by atoms with E-state index in [9.17, 15) is 14.4 Å². The van der Waals surface area contributed by atoms with Crippen LogP contribution in [0.3, 0.4) is 0 Å². The molecule has 38 heavy (non-hydrogen) atoms. The highest BCUT2D eigenvalue weighted by molar-refractivity contribution is 7.99. The Morgan fingerprint density at radius 1 is 0.921 bits per heavy atom. The summed E-state index contributed by atoms with van der Waals surface area (Å²) in [5, 5.41) is 4.41. The summed E-state index contributed by atoms with van der Waals surface area (Å²) in [5.41, 5.74) is 2.36. The minimum absolute atomic E-state index is 0.0365. The zero-order chi connectivity index (χ0) is 26.8. The first-order valence-corrected chi connectivity index (χ1v) is 13.5. The molecule has 10 heteroatoms. The molecule has 3 aromatic carbocycles. The van der Waals surface area contributed by atoms with Crippen LogP contribution in [-0.2, 0) is 0 Å². The van der Waals surface area contributed by atoms with E-state index in [-0.39, 0.29) is 24.9 Å². The molecule has 0 atom stereocenters. The van der Waals surface area contributed by atoms with Gasteiger partial charge in [-0.3, -0.25) is 19.3 Å². The van der Waals surface area contributed by atoms with Crippen LogP contribution < -0.4 is 24.4 Å². The van der Waals surface area contributed by atoms with Gasteiger partial charge in [-0.25, -0.2) is 0 Å². The van der Waals surface area contributed by atoms with Crippen molar-refractivity contribution in [2.75, 3.05) is 63.9 Å². The van der Waals surface area contributed by atoms with Crippen LogP contribution in [0.5, 0.6) is 17.2 Å². The quantitative estimate of drug-likeness (QED) is 0.438. The molecular weight excluding hydrogens is 506 g/mol. The third kappa shape index (κ3) is 4.49. The van der Waals surface area contributed by atoms with Crippen LogP contribution in [0.4, 0.5) is 5.69 Å². The summed E-state index contributed by atoms with van der Waals surface area (Å²) in [4.78, 5) is 43.2. The lowest BCUT2D eigenvalue weighted by Gasteiger charge is -2.32. The summed E-state index contributed by atoms with van der Waals surface area (Å²) in [6.07, 6.45) is 0. The Morgan fingerprint density at radius 2 is 1.58 bits per heavy atom. The van der Waals surface area contributed by atoms with Gasteiger partial charge in [0.05, 0.1) is 21.3 Å². The number of benzene rings is 3. The molecule has 0 bridgehead atoms. The number of carbonyl (C=O) groups excluding carboxylic acids is 3. The number of hydrogen-bond donors (Lipinski definition) is 1. The van der Waals surface area contributed by atoms with E-state index >= 15 is 0 Å². The van der Waals surface area contributed by atoms with Gasteiger partial charge in [-0.1, -0.05) is 12.1 Å². The standard InChI is InChI=1S/C28H29N3O6S/c1-35-22-15-17(16-23(36-2)25(22)37-3)26(32)29-9-10-31-27(33)19-6-4-5-18-21(30-11-13-38-14-12-30)8-7-20(24(18)19)28(31)34/h4-8,15-16H,9-14H2,1-3H3,(H,29,32). The van der Waals surface area contributed by atoms with E-state index in [1.807, 2.05) is 36.0 Å². The molecule has 0 unspecified atom stereocenters. The maximum atomic E-state index is 13.4. The first-order valence-electron chi connectivity index (χ1n) is 12.3. The van der Waals surface area contributed by atoms with Crippen molar-refractivity contribution in [1.82, 2.24) is 10.2 Å². The van der Waals surface area contributed by atoms with Crippen molar-refractivity contribution in [3.05, 3.63) is 59.2 Å². The monoisotopic (exact) mass is 535 g/mol. The molecule has 2 aliphatic rings. The average Bonchev–Trinajstić information content (AvgIpc) is 2.96. The van der Waals surface area contributed by atoms with E-state index in [1.54, 1.807) is 18.2 Å². The maximum absolute atomic E-state index is 13.4. The minimum atomic E-state index is -0.395. The lowest BCUT2D eigenvalue weighted by atomic mass is 9.92. The Labute approximate surface area is 225 Å². The van der Waals surface area contributed by atoms with Crippen molar-refractivity contribution in [2.24, 2.45) is 0 Å².